The average molecular weight is 268 g/mol. The van der Waals surface area contributed by atoms with Crippen LogP contribution in [0.4, 0.5) is 0 Å². The smallest absolute Gasteiger partial charge is 0.306 e. The van der Waals surface area contributed by atoms with Gasteiger partial charge < -0.3 is 10.5 Å². The van der Waals surface area contributed by atoms with Crippen LogP contribution < -0.4 is 10.5 Å². The van der Waals surface area contributed by atoms with Gasteiger partial charge in [-0.2, -0.15) is 0 Å². The average Bonchev–Trinajstić information content (AvgIpc) is 2.11. The van der Waals surface area contributed by atoms with Crippen molar-refractivity contribution in [1.29, 1.82) is 0 Å². The van der Waals surface area contributed by atoms with Crippen molar-refractivity contribution in [3.8, 4) is 0 Å². The zero-order chi connectivity index (χ0) is 12.8. The SMILES string of the molecule is COC(=O)CCS(=O)(=O)NC(C)CC(N)=S. The normalized spacial score (nSPS) is 13.1. The maximum Gasteiger partial charge on any atom is 0.306 e. The molecule has 0 amide bonds. The molecule has 0 rings (SSSR count). The Morgan fingerprint density at radius 2 is 2.12 bits per heavy atom. The lowest BCUT2D eigenvalue weighted by Crippen LogP contribution is -2.37. The largest absolute Gasteiger partial charge is 0.469 e. The molecule has 16 heavy (non-hydrogen) atoms. The Labute approximate surface area is 101 Å². The molecule has 0 aromatic rings. The van der Waals surface area contributed by atoms with E-state index in [1.807, 2.05) is 0 Å². The number of carbonyl (C=O) groups excluding carboxylic acids is 1. The second kappa shape index (κ2) is 6.77. The van der Waals surface area contributed by atoms with Gasteiger partial charge in [-0.15, -0.1) is 0 Å². The van der Waals surface area contributed by atoms with Gasteiger partial charge in [-0.1, -0.05) is 12.2 Å². The molecule has 0 saturated carbocycles. The molecule has 3 N–H and O–H groups in total. The number of nitrogens with two attached hydrogens (primary N) is 1. The minimum Gasteiger partial charge on any atom is -0.469 e. The highest BCUT2D eigenvalue weighted by Crippen LogP contribution is 1.97. The highest BCUT2D eigenvalue weighted by molar-refractivity contribution is 7.89. The van der Waals surface area contributed by atoms with Crippen molar-refractivity contribution >= 4 is 33.2 Å². The van der Waals surface area contributed by atoms with E-state index in [9.17, 15) is 13.2 Å². The first-order valence-corrected chi connectivity index (χ1v) is 6.68. The molecular weight excluding hydrogens is 252 g/mol. The van der Waals surface area contributed by atoms with Crippen LogP contribution in [0.25, 0.3) is 0 Å². The van der Waals surface area contributed by atoms with Crippen LogP contribution in [0.5, 0.6) is 0 Å². The van der Waals surface area contributed by atoms with Crippen LogP contribution in [-0.4, -0.2) is 38.3 Å². The van der Waals surface area contributed by atoms with Crippen LogP contribution in [-0.2, 0) is 19.6 Å². The summed E-state index contributed by atoms with van der Waals surface area (Å²) < 4.78 is 29.6. The molecule has 0 fully saturated rings. The van der Waals surface area contributed by atoms with Crippen molar-refractivity contribution in [1.82, 2.24) is 4.72 Å². The zero-order valence-corrected chi connectivity index (χ0v) is 10.9. The van der Waals surface area contributed by atoms with Gasteiger partial charge in [-0.3, -0.25) is 4.79 Å². The van der Waals surface area contributed by atoms with E-state index in [4.69, 9.17) is 5.73 Å². The van der Waals surface area contributed by atoms with Crippen molar-refractivity contribution in [2.75, 3.05) is 12.9 Å². The molecule has 0 saturated heterocycles. The van der Waals surface area contributed by atoms with E-state index in [0.717, 1.165) is 0 Å². The van der Waals surface area contributed by atoms with Gasteiger partial charge in [0.15, 0.2) is 0 Å². The fourth-order valence-corrected chi connectivity index (χ4v) is 2.53. The molecule has 0 heterocycles. The van der Waals surface area contributed by atoms with E-state index in [1.165, 1.54) is 7.11 Å². The lowest BCUT2D eigenvalue weighted by atomic mass is 10.3. The Balaban J connectivity index is 4.14. The minimum absolute atomic E-state index is 0.175. The number of sulfonamides is 1. The fraction of sp³-hybridized carbons (Fsp3) is 0.750. The molecule has 0 radical (unpaired) electrons. The van der Waals surface area contributed by atoms with Crippen molar-refractivity contribution in [3.05, 3.63) is 0 Å². The van der Waals surface area contributed by atoms with Crippen LogP contribution in [0.2, 0.25) is 0 Å². The maximum absolute atomic E-state index is 11.4. The Kier molecular flexibility index (Phi) is 6.46. The summed E-state index contributed by atoms with van der Waals surface area (Å²) >= 11 is 4.65. The molecule has 0 bridgehead atoms. The predicted molar refractivity (Wildman–Crippen MR) is 64.4 cm³/mol. The fourth-order valence-electron chi connectivity index (χ4n) is 1.03. The number of carbonyl (C=O) groups is 1. The second-order valence-corrected chi connectivity index (χ2v) is 5.73. The quantitative estimate of drug-likeness (QED) is 0.478. The molecule has 0 aliphatic carbocycles. The van der Waals surface area contributed by atoms with Crippen LogP contribution in [0.1, 0.15) is 19.8 Å². The number of hydrogen-bond acceptors (Lipinski definition) is 5. The topological polar surface area (TPSA) is 98.5 Å². The predicted octanol–water partition coefficient (Wildman–Crippen LogP) is -0.466. The summed E-state index contributed by atoms with van der Waals surface area (Å²) in [6.07, 6.45) is 0.110. The molecule has 6 nitrogen and oxygen atoms in total. The van der Waals surface area contributed by atoms with Gasteiger partial charge >= 0.3 is 5.97 Å². The van der Waals surface area contributed by atoms with E-state index in [0.29, 0.717) is 0 Å². The van der Waals surface area contributed by atoms with Gasteiger partial charge in [0, 0.05) is 12.5 Å². The van der Waals surface area contributed by atoms with Gasteiger partial charge in [0.1, 0.15) is 0 Å². The lowest BCUT2D eigenvalue weighted by Gasteiger charge is -2.12. The van der Waals surface area contributed by atoms with Crippen LogP contribution >= 0.6 is 12.2 Å². The first kappa shape index (κ1) is 15.3. The van der Waals surface area contributed by atoms with E-state index in [-0.39, 0.29) is 29.6 Å². The Morgan fingerprint density at radius 3 is 2.56 bits per heavy atom. The summed E-state index contributed by atoms with van der Waals surface area (Å²) in [5.74, 6) is -0.867. The van der Waals surface area contributed by atoms with E-state index in [1.54, 1.807) is 6.92 Å². The molecule has 0 aliphatic rings. The van der Waals surface area contributed by atoms with Crippen molar-refractivity contribution in [3.63, 3.8) is 0 Å². The maximum atomic E-state index is 11.4. The first-order chi connectivity index (χ1) is 7.26. The van der Waals surface area contributed by atoms with Crippen molar-refractivity contribution < 1.29 is 17.9 Å². The standard InChI is InChI=1S/C8H16N2O4S2/c1-6(5-7(9)15)10-16(12,13)4-3-8(11)14-2/h6,10H,3-5H2,1-2H3,(H2,9,15). The Morgan fingerprint density at radius 1 is 1.56 bits per heavy atom. The number of nitrogens with one attached hydrogen (secondary N) is 1. The third-order valence-corrected chi connectivity index (χ3v) is 3.36. The van der Waals surface area contributed by atoms with Crippen LogP contribution in [0, 0.1) is 0 Å². The summed E-state index contributed by atoms with van der Waals surface area (Å²) in [7, 11) is -2.29. The van der Waals surface area contributed by atoms with Crippen LogP contribution in [0.15, 0.2) is 0 Å². The number of esters is 1. The number of thiocarbonyl (C=S) groups is 1. The highest BCUT2D eigenvalue weighted by atomic mass is 32.2. The summed E-state index contributed by atoms with van der Waals surface area (Å²) in [5, 5.41) is 0. The van der Waals surface area contributed by atoms with E-state index in [2.05, 4.69) is 21.7 Å². The Bertz CT molecular complexity index is 353. The van der Waals surface area contributed by atoms with Crippen molar-refractivity contribution in [2.24, 2.45) is 5.73 Å². The van der Waals surface area contributed by atoms with E-state index < -0.39 is 16.0 Å². The third-order valence-electron chi connectivity index (χ3n) is 1.69. The molecule has 94 valence electrons. The van der Waals surface area contributed by atoms with Crippen LogP contribution in [0.3, 0.4) is 0 Å². The molecule has 1 atom stereocenters. The molecule has 1 unspecified atom stereocenters. The number of rotatable bonds is 7. The minimum atomic E-state index is -3.50. The summed E-state index contributed by atoms with van der Waals surface area (Å²) in [5.41, 5.74) is 5.28. The molecule has 0 aliphatic heterocycles. The monoisotopic (exact) mass is 268 g/mol. The van der Waals surface area contributed by atoms with E-state index >= 15 is 0 Å². The molecule has 0 aromatic carbocycles. The lowest BCUT2D eigenvalue weighted by molar-refractivity contribution is -0.140. The first-order valence-electron chi connectivity index (χ1n) is 4.62. The number of ether oxygens (including phenoxy) is 1. The number of methoxy groups -OCH3 is 1. The third kappa shape index (κ3) is 7.55. The summed E-state index contributed by atoms with van der Waals surface area (Å²) in [6, 6.07) is -0.375. The molecular formula is C8H16N2O4S2. The number of hydrogen-bond donors (Lipinski definition) is 2. The summed E-state index contributed by atoms with van der Waals surface area (Å²) in [6.45, 7) is 1.65. The highest BCUT2D eigenvalue weighted by Gasteiger charge is 2.16. The van der Waals surface area contributed by atoms with Gasteiger partial charge in [0.2, 0.25) is 10.0 Å². The van der Waals surface area contributed by atoms with Gasteiger partial charge in [0.05, 0.1) is 24.3 Å². The van der Waals surface area contributed by atoms with Gasteiger partial charge in [0.25, 0.3) is 0 Å². The second-order valence-electron chi connectivity index (χ2n) is 3.33. The molecule has 8 heteroatoms. The summed E-state index contributed by atoms with van der Waals surface area (Å²) in [4.78, 5) is 11.0. The Hall–Kier alpha value is -0.730. The van der Waals surface area contributed by atoms with Gasteiger partial charge in [-0.25, -0.2) is 13.1 Å². The molecule has 0 aromatic heterocycles. The zero-order valence-electron chi connectivity index (χ0n) is 9.23. The van der Waals surface area contributed by atoms with Gasteiger partial charge in [-0.05, 0) is 6.92 Å². The van der Waals surface area contributed by atoms with Crippen molar-refractivity contribution in [2.45, 2.75) is 25.8 Å². The molecule has 0 spiro atoms.